The van der Waals surface area contributed by atoms with Crippen molar-refractivity contribution in [3.8, 4) is 0 Å². The first-order valence-electron chi connectivity index (χ1n) is 8.16. The predicted octanol–water partition coefficient (Wildman–Crippen LogP) is 3.19. The molecular formula is C17H30O3. The minimum absolute atomic E-state index is 0.195. The molecule has 0 aromatic heterocycles. The molecule has 3 nitrogen and oxygen atoms in total. The number of hydrogen-bond acceptors (Lipinski definition) is 3. The Balaban J connectivity index is 1.90. The van der Waals surface area contributed by atoms with Gasteiger partial charge in [0.05, 0.1) is 11.7 Å². The first-order valence-corrected chi connectivity index (χ1v) is 8.16. The van der Waals surface area contributed by atoms with E-state index in [9.17, 15) is 9.90 Å². The third-order valence-corrected chi connectivity index (χ3v) is 5.38. The standard InChI is InChI=1S/C17H30O3/c1-11-5-8-15(18)14-7-6-13(16(11)14)12(2)20-10-9-17(3,4)19/h11-14,16,19H,5-10H2,1-4H3/t11?,12-,13?,14?,16?/m1/s1. The van der Waals surface area contributed by atoms with Gasteiger partial charge in [0.2, 0.25) is 0 Å². The predicted molar refractivity (Wildman–Crippen MR) is 79.4 cm³/mol. The Kier molecular flexibility index (Phi) is 4.91. The average molecular weight is 282 g/mol. The van der Waals surface area contributed by atoms with Crippen molar-refractivity contribution in [1.29, 1.82) is 0 Å². The van der Waals surface area contributed by atoms with Crippen LogP contribution >= 0.6 is 0 Å². The lowest BCUT2D eigenvalue weighted by atomic mass is 9.70. The van der Waals surface area contributed by atoms with E-state index in [1.165, 1.54) is 0 Å². The van der Waals surface area contributed by atoms with E-state index < -0.39 is 5.60 Å². The molecule has 3 heteroatoms. The van der Waals surface area contributed by atoms with Crippen LogP contribution < -0.4 is 0 Å². The van der Waals surface area contributed by atoms with E-state index in [1.807, 2.05) is 13.8 Å². The minimum Gasteiger partial charge on any atom is -0.390 e. The Morgan fingerprint density at radius 1 is 1.35 bits per heavy atom. The van der Waals surface area contributed by atoms with Crippen LogP contribution in [-0.2, 0) is 9.53 Å². The fourth-order valence-corrected chi connectivity index (χ4v) is 4.16. The highest BCUT2D eigenvalue weighted by Gasteiger charge is 2.47. The number of carbonyl (C=O) groups excluding carboxylic acids is 1. The molecule has 0 heterocycles. The molecule has 2 saturated carbocycles. The first kappa shape index (κ1) is 16.0. The first-order chi connectivity index (χ1) is 9.29. The zero-order valence-electron chi connectivity index (χ0n) is 13.4. The molecule has 2 fully saturated rings. The summed E-state index contributed by atoms with van der Waals surface area (Å²) in [6, 6.07) is 0. The number of rotatable bonds is 5. The smallest absolute Gasteiger partial charge is 0.136 e. The van der Waals surface area contributed by atoms with E-state index in [0.29, 0.717) is 42.5 Å². The molecule has 0 saturated heterocycles. The van der Waals surface area contributed by atoms with Crippen molar-refractivity contribution in [2.24, 2.45) is 23.7 Å². The summed E-state index contributed by atoms with van der Waals surface area (Å²) in [4.78, 5) is 12.1. The minimum atomic E-state index is -0.661. The largest absolute Gasteiger partial charge is 0.390 e. The van der Waals surface area contributed by atoms with Gasteiger partial charge in [0.1, 0.15) is 5.78 Å². The van der Waals surface area contributed by atoms with Crippen LogP contribution in [0.25, 0.3) is 0 Å². The van der Waals surface area contributed by atoms with Gasteiger partial charge in [0.15, 0.2) is 0 Å². The van der Waals surface area contributed by atoms with E-state index in [-0.39, 0.29) is 6.10 Å². The van der Waals surface area contributed by atoms with Gasteiger partial charge in [0.25, 0.3) is 0 Å². The fourth-order valence-electron chi connectivity index (χ4n) is 4.16. The SMILES string of the molecule is CC1CCC(=O)C2CCC([C@@H](C)OCCC(C)(C)O)C12. The van der Waals surface area contributed by atoms with Gasteiger partial charge in [-0.1, -0.05) is 6.92 Å². The van der Waals surface area contributed by atoms with Gasteiger partial charge in [-0.2, -0.15) is 0 Å². The van der Waals surface area contributed by atoms with Crippen molar-refractivity contribution in [3.05, 3.63) is 0 Å². The maximum absolute atomic E-state index is 12.1. The monoisotopic (exact) mass is 282 g/mol. The fraction of sp³-hybridized carbons (Fsp3) is 0.941. The highest BCUT2D eigenvalue weighted by molar-refractivity contribution is 5.82. The molecule has 1 N–H and O–H groups in total. The van der Waals surface area contributed by atoms with Gasteiger partial charge in [0, 0.05) is 18.9 Å². The number of ketones is 1. The van der Waals surface area contributed by atoms with Gasteiger partial charge in [-0.25, -0.2) is 0 Å². The average Bonchev–Trinajstić information content (AvgIpc) is 2.78. The van der Waals surface area contributed by atoms with Gasteiger partial charge in [-0.3, -0.25) is 4.79 Å². The second kappa shape index (κ2) is 6.15. The maximum atomic E-state index is 12.1. The van der Waals surface area contributed by atoms with Crippen LogP contribution in [0, 0.1) is 23.7 Å². The van der Waals surface area contributed by atoms with E-state index in [1.54, 1.807) is 0 Å². The zero-order chi connectivity index (χ0) is 14.9. The highest BCUT2D eigenvalue weighted by atomic mass is 16.5. The molecule has 116 valence electrons. The zero-order valence-corrected chi connectivity index (χ0v) is 13.4. The second-order valence-electron chi connectivity index (χ2n) is 7.55. The summed E-state index contributed by atoms with van der Waals surface area (Å²) in [7, 11) is 0. The van der Waals surface area contributed by atoms with Crippen molar-refractivity contribution >= 4 is 5.78 Å². The van der Waals surface area contributed by atoms with Crippen LogP contribution in [0.3, 0.4) is 0 Å². The molecule has 20 heavy (non-hydrogen) atoms. The summed E-state index contributed by atoms with van der Waals surface area (Å²) in [5.74, 6) is 2.46. The molecule has 2 rings (SSSR count). The third-order valence-electron chi connectivity index (χ3n) is 5.38. The molecule has 0 amide bonds. The highest BCUT2D eigenvalue weighted by Crippen LogP contribution is 2.48. The van der Waals surface area contributed by atoms with Crippen LogP contribution in [0.15, 0.2) is 0 Å². The molecule has 0 radical (unpaired) electrons. The molecule has 4 unspecified atom stereocenters. The molecule has 0 aromatic rings. The normalized spacial score (nSPS) is 36.0. The molecular weight excluding hydrogens is 252 g/mol. The van der Waals surface area contributed by atoms with Crippen molar-refractivity contribution < 1.29 is 14.6 Å². The van der Waals surface area contributed by atoms with Crippen molar-refractivity contribution in [1.82, 2.24) is 0 Å². The number of Topliss-reactive ketones (excluding diaryl/α,β-unsaturated/α-hetero) is 1. The summed E-state index contributed by atoms with van der Waals surface area (Å²) >= 11 is 0. The summed E-state index contributed by atoms with van der Waals surface area (Å²) in [6.07, 6.45) is 4.86. The summed E-state index contributed by atoms with van der Waals surface area (Å²) < 4.78 is 5.96. The lowest BCUT2D eigenvalue weighted by molar-refractivity contribution is -0.128. The van der Waals surface area contributed by atoms with E-state index in [4.69, 9.17) is 4.74 Å². The molecule has 0 spiro atoms. The Hall–Kier alpha value is -0.410. The second-order valence-corrected chi connectivity index (χ2v) is 7.55. The van der Waals surface area contributed by atoms with Crippen LogP contribution in [0.4, 0.5) is 0 Å². The summed E-state index contributed by atoms with van der Waals surface area (Å²) in [5, 5.41) is 9.74. The van der Waals surface area contributed by atoms with Gasteiger partial charge in [-0.05, 0) is 64.2 Å². The van der Waals surface area contributed by atoms with E-state index >= 15 is 0 Å². The van der Waals surface area contributed by atoms with Crippen molar-refractivity contribution in [3.63, 3.8) is 0 Å². The lowest BCUT2D eigenvalue weighted by Crippen LogP contribution is -2.37. The topological polar surface area (TPSA) is 46.5 Å². The van der Waals surface area contributed by atoms with E-state index in [0.717, 1.165) is 25.7 Å². The quantitative estimate of drug-likeness (QED) is 0.842. The maximum Gasteiger partial charge on any atom is 0.136 e. The van der Waals surface area contributed by atoms with Crippen molar-refractivity contribution in [2.75, 3.05) is 6.61 Å². The molecule has 0 bridgehead atoms. The van der Waals surface area contributed by atoms with Crippen molar-refractivity contribution in [2.45, 2.75) is 71.5 Å². The molecule has 0 aromatic carbocycles. The van der Waals surface area contributed by atoms with Gasteiger partial charge < -0.3 is 9.84 Å². The number of fused-ring (bicyclic) bond motifs is 1. The van der Waals surface area contributed by atoms with Crippen LogP contribution in [0.5, 0.6) is 0 Å². The Bertz CT molecular complexity index is 345. The third kappa shape index (κ3) is 3.62. The van der Waals surface area contributed by atoms with Gasteiger partial charge >= 0.3 is 0 Å². The lowest BCUT2D eigenvalue weighted by Gasteiger charge is -2.36. The van der Waals surface area contributed by atoms with Crippen LogP contribution in [0.2, 0.25) is 0 Å². The molecule has 2 aliphatic rings. The van der Waals surface area contributed by atoms with E-state index in [2.05, 4.69) is 13.8 Å². The van der Waals surface area contributed by atoms with Gasteiger partial charge in [-0.15, -0.1) is 0 Å². The number of hydrogen-bond donors (Lipinski definition) is 1. The number of carbonyl (C=O) groups is 1. The molecule has 2 aliphatic carbocycles. The Morgan fingerprint density at radius 2 is 2.05 bits per heavy atom. The molecule has 5 atom stereocenters. The number of ether oxygens (including phenoxy) is 1. The Labute approximate surface area is 123 Å². The molecule has 0 aliphatic heterocycles. The Morgan fingerprint density at radius 3 is 2.70 bits per heavy atom. The van der Waals surface area contributed by atoms with Crippen LogP contribution in [-0.4, -0.2) is 29.2 Å². The summed E-state index contributed by atoms with van der Waals surface area (Å²) in [5.41, 5.74) is -0.661. The van der Waals surface area contributed by atoms with Crippen LogP contribution in [0.1, 0.15) is 59.8 Å². The summed E-state index contributed by atoms with van der Waals surface area (Å²) in [6.45, 7) is 8.67. The number of aliphatic hydroxyl groups is 1.